The summed E-state index contributed by atoms with van der Waals surface area (Å²) in [6, 6.07) is 7.81. The highest BCUT2D eigenvalue weighted by Crippen LogP contribution is 2.18. The molecule has 0 N–H and O–H groups in total. The highest BCUT2D eigenvalue weighted by atomic mass is 16.5. The van der Waals surface area contributed by atoms with Gasteiger partial charge >= 0.3 is 0 Å². The molecule has 0 radical (unpaired) electrons. The fourth-order valence-corrected chi connectivity index (χ4v) is 2.28. The van der Waals surface area contributed by atoms with Crippen LogP contribution >= 0.6 is 0 Å². The molecule has 1 aliphatic heterocycles. The second kappa shape index (κ2) is 6.57. The number of rotatable bonds is 5. The number of carbonyl (C=O) groups is 1. The summed E-state index contributed by atoms with van der Waals surface area (Å²) in [4.78, 5) is 13.9. The molecular weight excluding hydrogens is 242 g/mol. The molecule has 1 amide bonds. The van der Waals surface area contributed by atoms with Gasteiger partial charge in [-0.1, -0.05) is 12.1 Å². The molecule has 0 saturated carbocycles. The van der Waals surface area contributed by atoms with Gasteiger partial charge in [-0.3, -0.25) is 4.79 Å². The fraction of sp³-hybridized carbons (Fsp3) is 0.533. The van der Waals surface area contributed by atoms with Gasteiger partial charge in [0.2, 0.25) is 5.91 Å². The summed E-state index contributed by atoms with van der Waals surface area (Å²) in [5, 5.41) is 0. The van der Waals surface area contributed by atoms with E-state index in [-0.39, 0.29) is 5.91 Å². The van der Waals surface area contributed by atoms with Crippen molar-refractivity contribution in [1.29, 1.82) is 0 Å². The van der Waals surface area contributed by atoms with Crippen molar-refractivity contribution < 1.29 is 14.3 Å². The van der Waals surface area contributed by atoms with Crippen molar-refractivity contribution in [3.05, 3.63) is 29.8 Å². The molecule has 1 saturated heterocycles. The monoisotopic (exact) mass is 263 g/mol. The molecule has 0 bridgehead atoms. The van der Waals surface area contributed by atoms with Crippen molar-refractivity contribution in [2.45, 2.75) is 19.4 Å². The molecule has 1 fully saturated rings. The average molecular weight is 263 g/mol. The van der Waals surface area contributed by atoms with E-state index in [2.05, 4.69) is 0 Å². The summed E-state index contributed by atoms with van der Waals surface area (Å²) in [7, 11) is 3.49. The normalized spacial score (nSPS) is 18.3. The van der Waals surface area contributed by atoms with E-state index in [0.717, 1.165) is 30.9 Å². The molecule has 19 heavy (non-hydrogen) atoms. The smallest absolute Gasteiger partial charge is 0.222 e. The maximum atomic E-state index is 12.1. The first-order valence-corrected chi connectivity index (χ1v) is 6.63. The van der Waals surface area contributed by atoms with Gasteiger partial charge in [0, 0.05) is 33.2 Å². The van der Waals surface area contributed by atoms with Crippen LogP contribution in [0.25, 0.3) is 0 Å². The summed E-state index contributed by atoms with van der Waals surface area (Å²) in [6.45, 7) is 2.12. The number of nitrogens with zero attached hydrogens (tertiary/aromatic N) is 1. The molecule has 1 aromatic carbocycles. The van der Waals surface area contributed by atoms with Crippen LogP contribution in [0.2, 0.25) is 0 Å². The average Bonchev–Trinajstić information content (AvgIpc) is 2.91. The topological polar surface area (TPSA) is 38.8 Å². The van der Waals surface area contributed by atoms with Crippen LogP contribution in [0.1, 0.15) is 18.4 Å². The van der Waals surface area contributed by atoms with Crippen LogP contribution in [0, 0.1) is 5.92 Å². The molecule has 1 aliphatic rings. The van der Waals surface area contributed by atoms with E-state index in [1.54, 1.807) is 12.0 Å². The zero-order valence-corrected chi connectivity index (χ0v) is 11.6. The van der Waals surface area contributed by atoms with Crippen molar-refractivity contribution in [3.8, 4) is 5.75 Å². The van der Waals surface area contributed by atoms with Crippen molar-refractivity contribution in [2.24, 2.45) is 5.92 Å². The zero-order valence-electron chi connectivity index (χ0n) is 11.6. The third kappa shape index (κ3) is 3.96. The van der Waals surface area contributed by atoms with E-state index >= 15 is 0 Å². The maximum absolute atomic E-state index is 12.1. The number of hydrogen-bond donors (Lipinski definition) is 0. The molecule has 4 heteroatoms. The molecular formula is C15H21NO3. The fourth-order valence-electron chi connectivity index (χ4n) is 2.28. The molecule has 1 unspecified atom stereocenters. The molecule has 2 rings (SSSR count). The Balaban J connectivity index is 1.88. The van der Waals surface area contributed by atoms with Crippen LogP contribution < -0.4 is 4.74 Å². The van der Waals surface area contributed by atoms with E-state index in [4.69, 9.17) is 9.47 Å². The van der Waals surface area contributed by atoms with Crippen LogP contribution in [0.3, 0.4) is 0 Å². The second-order valence-electron chi connectivity index (χ2n) is 5.04. The number of methoxy groups -OCH3 is 1. The van der Waals surface area contributed by atoms with Gasteiger partial charge in [0.1, 0.15) is 5.75 Å². The molecule has 1 atom stereocenters. The molecule has 1 heterocycles. The Labute approximate surface area is 114 Å². The largest absolute Gasteiger partial charge is 0.497 e. The van der Waals surface area contributed by atoms with Crippen molar-refractivity contribution in [3.63, 3.8) is 0 Å². The molecule has 4 nitrogen and oxygen atoms in total. The molecule has 0 aliphatic carbocycles. The highest BCUT2D eigenvalue weighted by molar-refractivity contribution is 5.76. The standard InChI is InChI=1S/C15H21NO3/c1-16(15(17)9-13-6-7-19-11-13)10-12-4-3-5-14(8-12)18-2/h3-5,8,13H,6-7,9-11H2,1-2H3. The molecule has 0 spiro atoms. The minimum Gasteiger partial charge on any atom is -0.497 e. The quantitative estimate of drug-likeness (QED) is 0.816. The van der Waals surface area contributed by atoms with E-state index in [1.165, 1.54) is 0 Å². The van der Waals surface area contributed by atoms with Gasteiger partial charge in [-0.05, 0) is 30.0 Å². The molecule has 104 valence electrons. The van der Waals surface area contributed by atoms with Crippen LogP contribution in [-0.2, 0) is 16.1 Å². The third-order valence-electron chi connectivity index (χ3n) is 3.47. The number of benzene rings is 1. The third-order valence-corrected chi connectivity index (χ3v) is 3.47. The lowest BCUT2D eigenvalue weighted by Gasteiger charge is -2.19. The first kappa shape index (κ1) is 13.9. The number of hydrogen-bond acceptors (Lipinski definition) is 3. The number of carbonyl (C=O) groups excluding carboxylic acids is 1. The second-order valence-corrected chi connectivity index (χ2v) is 5.04. The summed E-state index contributed by atoms with van der Waals surface area (Å²) in [6.07, 6.45) is 1.58. The van der Waals surface area contributed by atoms with Gasteiger partial charge in [0.05, 0.1) is 7.11 Å². The van der Waals surface area contributed by atoms with Gasteiger partial charge in [-0.15, -0.1) is 0 Å². The molecule has 1 aromatic rings. The van der Waals surface area contributed by atoms with E-state index in [9.17, 15) is 4.79 Å². The lowest BCUT2D eigenvalue weighted by molar-refractivity contribution is -0.131. The van der Waals surface area contributed by atoms with Gasteiger partial charge in [-0.25, -0.2) is 0 Å². The van der Waals surface area contributed by atoms with Gasteiger partial charge in [0.15, 0.2) is 0 Å². The predicted molar refractivity (Wildman–Crippen MR) is 73.0 cm³/mol. The lowest BCUT2D eigenvalue weighted by atomic mass is 10.0. The lowest BCUT2D eigenvalue weighted by Crippen LogP contribution is -2.28. The maximum Gasteiger partial charge on any atom is 0.222 e. The van der Waals surface area contributed by atoms with Crippen LogP contribution in [-0.4, -0.2) is 38.2 Å². The van der Waals surface area contributed by atoms with E-state index in [1.807, 2.05) is 31.3 Å². The Morgan fingerprint density at radius 3 is 3.05 bits per heavy atom. The van der Waals surface area contributed by atoms with Crippen molar-refractivity contribution in [2.75, 3.05) is 27.4 Å². The summed E-state index contributed by atoms with van der Waals surface area (Å²) >= 11 is 0. The number of amides is 1. The summed E-state index contributed by atoms with van der Waals surface area (Å²) in [5.74, 6) is 1.39. The Hall–Kier alpha value is -1.55. The van der Waals surface area contributed by atoms with Crippen LogP contribution in [0.5, 0.6) is 5.75 Å². The van der Waals surface area contributed by atoms with Crippen LogP contribution in [0.4, 0.5) is 0 Å². The van der Waals surface area contributed by atoms with Crippen molar-refractivity contribution in [1.82, 2.24) is 4.90 Å². The first-order chi connectivity index (χ1) is 9.19. The minimum absolute atomic E-state index is 0.179. The molecule has 0 aromatic heterocycles. The van der Waals surface area contributed by atoms with Crippen molar-refractivity contribution >= 4 is 5.91 Å². The Kier molecular flexibility index (Phi) is 4.80. The van der Waals surface area contributed by atoms with Crippen LogP contribution in [0.15, 0.2) is 24.3 Å². The van der Waals surface area contributed by atoms with E-state index in [0.29, 0.717) is 18.9 Å². The summed E-state index contributed by atoms with van der Waals surface area (Å²) in [5.41, 5.74) is 1.08. The van der Waals surface area contributed by atoms with Gasteiger partial charge in [-0.2, -0.15) is 0 Å². The summed E-state index contributed by atoms with van der Waals surface area (Å²) < 4.78 is 10.5. The highest BCUT2D eigenvalue weighted by Gasteiger charge is 2.21. The number of ether oxygens (including phenoxy) is 2. The zero-order chi connectivity index (χ0) is 13.7. The Morgan fingerprint density at radius 1 is 1.53 bits per heavy atom. The van der Waals surface area contributed by atoms with E-state index < -0.39 is 0 Å². The Morgan fingerprint density at radius 2 is 2.37 bits per heavy atom. The van der Waals surface area contributed by atoms with Gasteiger partial charge < -0.3 is 14.4 Å². The SMILES string of the molecule is COc1cccc(CN(C)C(=O)CC2CCOC2)c1. The first-order valence-electron chi connectivity index (χ1n) is 6.63. The predicted octanol–water partition coefficient (Wildman–Crippen LogP) is 2.08. The van der Waals surface area contributed by atoms with Gasteiger partial charge in [0.25, 0.3) is 0 Å². The Bertz CT molecular complexity index is 427. The minimum atomic E-state index is 0.179.